The minimum absolute atomic E-state index is 0.347. The zero-order valence-corrected chi connectivity index (χ0v) is 11.4. The minimum Gasteiger partial charge on any atom is -0.306 e. The highest BCUT2D eigenvalue weighted by molar-refractivity contribution is 7.99. The van der Waals surface area contributed by atoms with Crippen LogP contribution in [0.1, 0.15) is 31.4 Å². The van der Waals surface area contributed by atoms with Gasteiger partial charge in [0.15, 0.2) is 0 Å². The van der Waals surface area contributed by atoms with Gasteiger partial charge in [0.25, 0.3) is 0 Å². The van der Waals surface area contributed by atoms with Crippen LogP contribution in [0, 0.1) is 12.3 Å². The summed E-state index contributed by atoms with van der Waals surface area (Å²) in [5.74, 6) is 3.85. The molecule has 2 rings (SSSR count). The Labute approximate surface area is 112 Å². The van der Waals surface area contributed by atoms with Crippen LogP contribution in [0.3, 0.4) is 0 Å². The lowest BCUT2D eigenvalue weighted by Gasteiger charge is -2.28. The van der Waals surface area contributed by atoms with Crippen LogP contribution in [0.4, 0.5) is 0 Å². The second-order valence-corrected chi connectivity index (χ2v) is 5.92. The van der Waals surface area contributed by atoms with Crippen molar-refractivity contribution in [3.05, 3.63) is 28.8 Å². The molecular formula is C14H16ClNS. The van der Waals surface area contributed by atoms with Gasteiger partial charge in [-0.15, -0.1) is 24.1 Å². The molecule has 1 aromatic rings. The first kappa shape index (κ1) is 12.8. The van der Waals surface area contributed by atoms with Crippen LogP contribution in [-0.4, -0.2) is 11.8 Å². The molecule has 0 amide bonds. The maximum atomic E-state index is 6.07. The average Bonchev–Trinajstić information content (AvgIpc) is 2.30. The summed E-state index contributed by atoms with van der Waals surface area (Å²) in [6.07, 6.45) is 7.23. The number of fused-ring (bicyclic) bond motifs is 1. The van der Waals surface area contributed by atoms with Gasteiger partial charge in [-0.1, -0.05) is 11.6 Å². The molecule has 0 aromatic heterocycles. The summed E-state index contributed by atoms with van der Waals surface area (Å²) in [5.41, 5.74) is 1.32. The molecule has 0 spiro atoms. The van der Waals surface area contributed by atoms with Crippen molar-refractivity contribution in [2.45, 2.75) is 36.7 Å². The van der Waals surface area contributed by atoms with Crippen LogP contribution in [0.2, 0.25) is 5.02 Å². The molecule has 0 radical (unpaired) electrons. The lowest BCUT2D eigenvalue weighted by atomic mass is 10.0. The molecule has 2 unspecified atom stereocenters. The number of benzene rings is 1. The van der Waals surface area contributed by atoms with Gasteiger partial charge in [0.05, 0.1) is 0 Å². The molecule has 0 saturated carbocycles. The van der Waals surface area contributed by atoms with E-state index in [1.807, 2.05) is 17.8 Å². The highest BCUT2D eigenvalue weighted by atomic mass is 35.5. The number of thioether (sulfide) groups is 1. The van der Waals surface area contributed by atoms with E-state index in [0.29, 0.717) is 12.1 Å². The molecule has 2 atom stereocenters. The van der Waals surface area contributed by atoms with Gasteiger partial charge in [-0.2, -0.15) is 0 Å². The molecule has 1 nitrogen and oxygen atoms in total. The van der Waals surface area contributed by atoms with Crippen molar-refractivity contribution in [3.8, 4) is 12.3 Å². The van der Waals surface area contributed by atoms with E-state index < -0.39 is 0 Å². The number of rotatable bonds is 3. The van der Waals surface area contributed by atoms with E-state index in [-0.39, 0.29) is 0 Å². The molecule has 0 bridgehead atoms. The summed E-state index contributed by atoms with van der Waals surface area (Å²) in [7, 11) is 0. The summed E-state index contributed by atoms with van der Waals surface area (Å²) in [4.78, 5) is 1.34. The van der Waals surface area contributed by atoms with Crippen LogP contribution in [0.5, 0.6) is 0 Å². The first-order valence-corrected chi connectivity index (χ1v) is 7.19. The molecule has 90 valence electrons. The molecule has 1 aliphatic heterocycles. The quantitative estimate of drug-likeness (QED) is 0.833. The number of hydrogen-bond donors (Lipinski definition) is 1. The molecule has 0 aliphatic carbocycles. The Morgan fingerprint density at radius 2 is 2.47 bits per heavy atom. The number of halogens is 1. The summed E-state index contributed by atoms with van der Waals surface area (Å²) < 4.78 is 0. The minimum atomic E-state index is 0.347. The monoisotopic (exact) mass is 265 g/mol. The number of hydrogen-bond acceptors (Lipinski definition) is 2. The van der Waals surface area contributed by atoms with Gasteiger partial charge in [-0.3, -0.25) is 0 Å². The van der Waals surface area contributed by atoms with Gasteiger partial charge in [0.2, 0.25) is 0 Å². The summed E-state index contributed by atoms with van der Waals surface area (Å²) in [5, 5.41) is 4.40. The van der Waals surface area contributed by atoms with Crippen LogP contribution in [-0.2, 0) is 0 Å². The largest absolute Gasteiger partial charge is 0.306 e. The topological polar surface area (TPSA) is 12.0 Å². The third-order valence-corrected chi connectivity index (χ3v) is 4.28. The maximum Gasteiger partial charge on any atom is 0.0410 e. The first-order chi connectivity index (χ1) is 8.20. The lowest BCUT2D eigenvalue weighted by Crippen LogP contribution is -2.32. The van der Waals surface area contributed by atoms with Gasteiger partial charge < -0.3 is 5.32 Å². The van der Waals surface area contributed by atoms with E-state index in [1.165, 1.54) is 10.5 Å². The van der Waals surface area contributed by atoms with E-state index in [2.05, 4.69) is 30.3 Å². The molecular weight excluding hydrogens is 250 g/mol. The predicted octanol–water partition coefficient (Wildman–Crippen LogP) is 3.88. The molecule has 3 heteroatoms. The molecule has 1 aliphatic rings. The number of nitrogens with one attached hydrogen (secondary N) is 1. The molecule has 1 aromatic carbocycles. The van der Waals surface area contributed by atoms with Gasteiger partial charge in [-0.25, -0.2) is 0 Å². The van der Waals surface area contributed by atoms with Crippen molar-refractivity contribution in [2.75, 3.05) is 5.75 Å². The predicted molar refractivity (Wildman–Crippen MR) is 75.6 cm³/mol. The Kier molecular flexibility index (Phi) is 4.39. The summed E-state index contributed by atoms with van der Waals surface area (Å²) in [6, 6.07) is 6.87. The standard InChI is InChI=1S/C14H16ClNS/c1-3-4-10(2)16-13-7-8-17-14-6-5-11(15)9-12(13)14/h1,5-6,9-10,13,16H,4,7-8H2,2H3. The zero-order valence-electron chi connectivity index (χ0n) is 9.87. The summed E-state index contributed by atoms with van der Waals surface area (Å²) >= 11 is 7.97. The second kappa shape index (κ2) is 5.82. The van der Waals surface area contributed by atoms with E-state index >= 15 is 0 Å². The normalized spacial score (nSPS) is 20.4. The lowest BCUT2D eigenvalue weighted by molar-refractivity contribution is 0.445. The Bertz CT molecular complexity index is 438. The SMILES string of the molecule is C#CCC(C)NC1CCSc2ccc(Cl)cc21. The molecule has 1 N–H and O–H groups in total. The van der Waals surface area contributed by atoms with Crippen molar-refractivity contribution in [3.63, 3.8) is 0 Å². The van der Waals surface area contributed by atoms with Gasteiger partial charge in [-0.05, 0) is 42.9 Å². The third kappa shape index (κ3) is 3.19. The van der Waals surface area contributed by atoms with Gasteiger partial charge in [0, 0.05) is 28.4 Å². The highest BCUT2D eigenvalue weighted by Gasteiger charge is 2.21. The Morgan fingerprint density at radius 3 is 3.24 bits per heavy atom. The highest BCUT2D eigenvalue weighted by Crippen LogP contribution is 2.37. The third-order valence-electron chi connectivity index (χ3n) is 2.92. The molecule has 0 saturated heterocycles. The fourth-order valence-electron chi connectivity index (χ4n) is 2.12. The van der Waals surface area contributed by atoms with E-state index in [9.17, 15) is 0 Å². The van der Waals surface area contributed by atoms with Crippen molar-refractivity contribution in [1.82, 2.24) is 5.32 Å². The zero-order chi connectivity index (χ0) is 12.3. The Hall–Kier alpha value is -0.620. The molecule has 0 fully saturated rings. The number of terminal acetylenes is 1. The van der Waals surface area contributed by atoms with Crippen molar-refractivity contribution in [1.29, 1.82) is 0 Å². The summed E-state index contributed by atoms with van der Waals surface area (Å²) in [6.45, 7) is 2.13. The Morgan fingerprint density at radius 1 is 1.65 bits per heavy atom. The van der Waals surface area contributed by atoms with Crippen LogP contribution in [0.15, 0.2) is 23.1 Å². The second-order valence-electron chi connectivity index (χ2n) is 4.35. The van der Waals surface area contributed by atoms with E-state index in [1.54, 1.807) is 0 Å². The maximum absolute atomic E-state index is 6.07. The van der Waals surface area contributed by atoms with Gasteiger partial charge in [0.1, 0.15) is 0 Å². The van der Waals surface area contributed by atoms with Crippen LogP contribution in [0.25, 0.3) is 0 Å². The van der Waals surface area contributed by atoms with Crippen LogP contribution >= 0.6 is 23.4 Å². The fraction of sp³-hybridized carbons (Fsp3) is 0.429. The van der Waals surface area contributed by atoms with E-state index in [4.69, 9.17) is 18.0 Å². The molecule has 17 heavy (non-hydrogen) atoms. The van der Waals surface area contributed by atoms with Crippen molar-refractivity contribution < 1.29 is 0 Å². The van der Waals surface area contributed by atoms with Gasteiger partial charge >= 0.3 is 0 Å². The van der Waals surface area contributed by atoms with E-state index in [0.717, 1.165) is 23.6 Å². The molecule has 1 heterocycles. The average molecular weight is 266 g/mol. The van der Waals surface area contributed by atoms with Crippen LogP contribution < -0.4 is 5.32 Å². The van der Waals surface area contributed by atoms with Crippen molar-refractivity contribution >= 4 is 23.4 Å². The van der Waals surface area contributed by atoms with Crippen molar-refractivity contribution in [2.24, 2.45) is 0 Å². The fourth-order valence-corrected chi connectivity index (χ4v) is 3.40. The first-order valence-electron chi connectivity index (χ1n) is 5.82. The Balaban J connectivity index is 2.16. The smallest absolute Gasteiger partial charge is 0.0410 e.